The van der Waals surface area contributed by atoms with Gasteiger partial charge in [-0.05, 0) is 18.2 Å². The lowest BCUT2D eigenvalue weighted by atomic mass is 10.1. The molecule has 0 bridgehead atoms. The van der Waals surface area contributed by atoms with Crippen LogP contribution in [0.25, 0.3) is 0 Å². The summed E-state index contributed by atoms with van der Waals surface area (Å²) >= 11 is 5.89. The van der Waals surface area contributed by atoms with Crippen molar-refractivity contribution in [1.29, 1.82) is 0 Å². The third-order valence-electron chi connectivity index (χ3n) is 2.29. The van der Waals surface area contributed by atoms with Crippen molar-refractivity contribution in [3.63, 3.8) is 0 Å². The summed E-state index contributed by atoms with van der Waals surface area (Å²) in [4.78, 5) is 21.7. The molecule has 1 aromatic rings. The van der Waals surface area contributed by atoms with Gasteiger partial charge in [0.25, 0.3) is 5.78 Å². The fourth-order valence-corrected chi connectivity index (χ4v) is 1.55. The third-order valence-corrected chi connectivity index (χ3v) is 2.58. The highest BCUT2D eigenvalue weighted by molar-refractivity contribution is 6.40. The van der Waals surface area contributed by atoms with Crippen molar-refractivity contribution in [2.75, 3.05) is 13.2 Å². The molecule has 90 valence electrons. The number of hydrogen-bond acceptors (Lipinski definition) is 4. The van der Waals surface area contributed by atoms with Gasteiger partial charge in [-0.1, -0.05) is 11.6 Å². The lowest BCUT2D eigenvalue weighted by Gasteiger charge is -2.27. The Bertz CT molecular complexity index is 467. The van der Waals surface area contributed by atoms with E-state index < -0.39 is 11.8 Å². The van der Waals surface area contributed by atoms with Crippen LogP contribution >= 0.6 is 11.6 Å². The number of carboxylic acids is 1. The number of halogens is 1. The van der Waals surface area contributed by atoms with Crippen molar-refractivity contribution in [2.24, 2.45) is 0 Å². The molecule has 6 heteroatoms. The molecule has 2 rings (SSSR count). The molecule has 1 fully saturated rings. The van der Waals surface area contributed by atoms with E-state index in [0.717, 1.165) is 0 Å². The Kier molecular flexibility index (Phi) is 3.31. The molecule has 0 amide bonds. The molecule has 1 heterocycles. The molecule has 17 heavy (non-hydrogen) atoms. The Balaban J connectivity index is 2.15. The molecule has 1 aromatic carbocycles. The average molecular weight is 257 g/mol. The third kappa shape index (κ3) is 2.57. The van der Waals surface area contributed by atoms with Gasteiger partial charge >= 0.3 is 5.97 Å². The van der Waals surface area contributed by atoms with Crippen molar-refractivity contribution in [3.05, 3.63) is 28.8 Å². The van der Waals surface area contributed by atoms with E-state index in [2.05, 4.69) is 0 Å². The van der Waals surface area contributed by atoms with Crippen LogP contribution in [-0.2, 0) is 9.53 Å². The lowest BCUT2D eigenvalue weighted by molar-refractivity contribution is -0.131. The van der Waals surface area contributed by atoms with Crippen LogP contribution in [0.3, 0.4) is 0 Å². The summed E-state index contributed by atoms with van der Waals surface area (Å²) in [6.07, 6.45) is -0.0338. The van der Waals surface area contributed by atoms with Gasteiger partial charge in [0.2, 0.25) is 0 Å². The monoisotopic (exact) mass is 256 g/mol. The van der Waals surface area contributed by atoms with E-state index in [9.17, 15) is 9.59 Å². The van der Waals surface area contributed by atoms with Crippen molar-refractivity contribution in [2.45, 2.75) is 6.10 Å². The number of benzene rings is 1. The topological polar surface area (TPSA) is 72.8 Å². The molecule has 0 saturated carbocycles. The van der Waals surface area contributed by atoms with E-state index in [0.29, 0.717) is 19.0 Å². The maximum absolute atomic E-state index is 11.2. The van der Waals surface area contributed by atoms with Gasteiger partial charge in [-0.3, -0.25) is 4.79 Å². The second-order valence-corrected chi connectivity index (χ2v) is 3.96. The van der Waals surface area contributed by atoms with Gasteiger partial charge in [0, 0.05) is 5.56 Å². The number of carbonyl (C=O) groups excluding carboxylic acids is 1. The van der Waals surface area contributed by atoms with Crippen LogP contribution in [-0.4, -0.2) is 36.2 Å². The van der Waals surface area contributed by atoms with Crippen LogP contribution in [0.2, 0.25) is 5.02 Å². The zero-order valence-electron chi connectivity index (χ0n) is 8.68. The van der Waals surface area contributed by atoms with E-state index in [1.54, 1.807) is 0 Å². The number of carbonyl (C=O) groups is 2. The molecular formula is C11H9ClO5. The van der Waals surface area contributed by atoms with Crippen LogP contribution in [0.5, 0.6) is 5.75 Å². The summed E-state index contributed by atoms with van der Waals surface area (Å²) in [6, 6.07) is 4.14. The second-order valence-electron chi connectivity index (χ2n) is 3.56. The molecule has 1 N–H and O–H groups in total. The number of aliphatic carboxylic acids is 1. The van der Waals surface area contributed by atoms with Crippen molar-refractivity contribution in [1.82, 2.24) is 0 Å². The minimum atomic E-state index is -1.51. The lowest BCUT2D eigenvalue weighted by Crippen LogP contribution is -2.38. The Labute approximate surface area is 102 Å². The molecule has 1 aliphatic rings. The summed E-state index contributed by atoms with van der Waals surface area (Å²) in [7, 11) is 0. The largest absolute Gasteiger partial charge is 0.484 e. The summed E-state index contributed by atoms with van der Waals surface area (Å²) < 4.78 is 10.4. The molecule has 0 radical (unpaired) electrons. The van der Waals surface area contributed by atoms with Gasteiger partial charge in [0.1, 0.15) is 11.9 Å². The number of carboxylic acid groups (broad SMARTS) is 1. The minimum absolute atomic E-state index is 0.0275. The summed E-state index contributed by atoms with van der Waals surface area (Å²) in [6.45, 7) is 1.01. The SMILES string of the molecule is O=C(O)C(=O)c1ccc(OC2COC2)c(Cl)c1. The van der Waals surface area contributed by atoms with Crippen LogP contribution in [0, 0.1) is 0 Å². The highest BCUT2D eigenvalue weighted by atomic mass is 35.5. The van der Waals surface area contributed by atoms with Crippen molar-refractivity contribution >= 4 is 23.4 Å². The average Bonchev–Trinajstić information content (AvgIpc) is 2.23. The number of rotatable bonds is 4. The standard InChI is InChI=1S/C11H9ClO5/c12-8-3-6(10(13)11(14)15)1-2-9(8)17-7-4-16-5-7/h1-3,7H,4-5H2,(H,14,15). The second kappa shape index (κ2) is 4.73. The molecule has 0 atom stereocenters. The normalized spacial score (nSPS) is 15.1. The summed E-state index contributed by atoms with van der Waals surface area (Å²) in [5.41, 5.74) is 0.0275. The van der Waals surface area contributed by atoms with Crippen LogP contribution in [0.4, 0.5) is 0 Å². The van der Waals surface area contributed by atoms with E-state index >= 15 is 0 Å². The molecule has 1 saturated heterocycles. The molecule has 5 nitrogen and oxygen atoms in total. The fourth-order valence-electron chi connectivity index (χ4n) is 1.32. The molecule has 0 aromatic heterocycles. The molecule has 0 unspecified atom stereocenters. The highest BCUT2D eigenvalue weighted by Gasteiger charge is 2.22. The van der Waals surface area contributed by atoms with Gasteiger partial charge in [0.05, 0.1) is 18.2 Å². The predicted molar refractivity (Wildman–Crippen MR) is 58.7 cm³/mol. The molecular weight excluding hydrogens is 248 g/mol. The van der Waals surface area contributed by atoms with Gasteiger partial charge in [-0.25, -0.2) is 4.79 Å². The molecule has 0 aliphatic carbocycles. The quantitative estimate of drug-likeness (QED) is 0.651. The van der Waals surface area contributed by atoms with Gasteiger partial charge < -0.3 is 14.6 Å². The van der Waals surface area contributed by atoms with E-state index in [1.165, 1.54) is 18.2 Å². The number of hydrogen-bond donors (Lipinski definition) is 1. The Morgan fingerprint density at radius 2 is 2.12 bits per heavy atom. The van der Waals surface area contributed by atoms with E-state index in [1.807, 2.05) is 0 Å². The highest BCUT2D eigenvalue weighted by Crippen LogP contribution is 2.27. The maximum atomic E-state index is 11.2. The van der Waals surface area contributed by atoms with E-state index in [-0.39, 0.29) is 16.7 Å². The molecule has 1 aliphatic heterocycles. The summed E-state index contributed by atoms with van der Waals surface area (Å²) in [5, 5.41) is 8.76. The predicted octanol–water partition coefficient (Wildman–Crippen LogP) is 1.38. The van der Waals surface area contributed by atoms with Crippen LogP contribution in [0.15, 0.2) is 18.2 Å². The molecule has 0 spiro atoms. The first-order valence-corrected chi connectivity index (χ1v) is 5.27. The van der Waals surface area contributed by atoms with Crippen molar-refractivity contribution in [3.8, 4) is 5.75 Å². The van der Waals surface area contributed by atoms with Gasteiger partial charge in [0.15, 0.2) is 0 Å². The summed E-state index contributed by atoms with van der Waals surface area (Å²) in [5.74, 6) is -2.09. The Morgan fingerprint density at radius 1 is 1.41 bits per heavy atom. The first-order chi connectivity index (χ1) is 8.08. The Morgan fingerprint density at radius 3 is 2.59 bits per heavy atom. The number of ketones is 1. The van der Waals surface area contributed by atoms with Gasteiger partial charge in [-0.2, -0.15) is 0 Å². The first-order valence-electron chi connectivity index (χ1n) is 4.89. The first kappa shape index (κ1) is 11.9. The van der Waals surface area contributed by atoms with E-state index in [4.69, 9.17) is 26.2 Å². The number of Topliss-reactive ketones (excluding diaryl/α,β-unsaturated/α-hetero) is 1. The van der Waals surface area contributed by atoms with Crippen LogP contribution < -0.4 is 4.74 Å². The maximum Gasteiger partial charge on any atom is 0.377 e. The van der Waals surface area contributed by atoms with Crippen molar-refractivity contribution < 1.29 is 24.2 Å². The zero-order chi connectivity index (χ0) is 12.4. The van der Waals surface area contributed by atoms with Gasteiger partial charge in [-0.15, -0.1) is 0 Å². The fraction of sp³-hybridized carbons (Fsp3) is 0.273. The van der Waals surface area contributed by atoms with Crippen LogP contribution in [0.1, 0.15) is 10.4 Å². The minimum Gasteiger partial charge on any atom is -0.484 e. The smallest absolute Gasteiger partial charge is 0.377 e. The Hall–Kier alpha value is -1.59. The number of ether oxygens (including phenoxy) is 2. The zero-order valence-corrected chi connectivity index (χ0v) is 9.44.